The maximum absolute atomic E-state index is 13.2. The van der Waals surface area contributed by atoms with E-state index in [1.165, 1.54) is 6.07 Å². The van der Waals surface area contributed by atoms with Crippen molar-refractivity contribution >= 4 is 22.0 Å². The van der Waals surface area contributed by atoms with Crippen LogP contribution in [0.15, 0.2) is 22.7 Å². The van der Waals surface area contributed by atoms with Crippen molar-refractivity contribution < 1.29 is 13.9 Å². The van der Waals surface area contributed by atoms with Crippen molar-refractivity contribution in [3.63, 3.8) is 0 Å². The van der Waals surface area contributed by atoms with Gasteiger partial charge in [-0.05, 0) is 73.7 Å². The van der Waals surface area contributed by atoms with E-state index in [4.69, 9.17) is 4.74 Å². The van der Waals surface area contributed by atoms with Gasteiger partial charge >= 0.3 is 6.09 Å². The number of nitrogens with zero attached hydrogens (tertiary/aromatic N) is 1. The third kappa shape index (κ3) is 6.40. The van der Waals surface area contributed by atoms with Gasteiger partial charge in [0.15, 0.2) is 0 Å². The molecule has 24 heavy (non-hydrogen) atoms. The van der Waals surface area contributed by atoms with Crippen LogP contribution < -0.4 is 5.32 Å². The van der Waals surface area contributed by atoms with E-state index >= 15 is 0 Å². The van der Waals surface area contributed by atoms with E-state index in [0.717, 1.165) is 44.5 Å². The fourth-order valence-electron chi connectivity index (χ4n) is 2.76. The molecule has 1 amide bonds. The summed E-state index contributed by atoms with van der Waals surface area (Å²) < 4.78 is 19.1. The van der Waals surface area contributed by atoms with E-state index in [9.17, 15) is 9.18 Å². The molecular weight excluding hydrogens is 375 g/mol. The van der Waals surface area contributed by atoms with Gasteiger partial charge in [0.05, 0.1) is 4.47 Å². The number of carbonyl (C=O) groups excluding carboxylic acids is 1. The smallest absolute Gasteiger partial charge is 0.407 e. The molecule has 4 nitrogen and oxygen atoms in total. The number of carbonyl (C=O) groups is 1. The second-order valence-corrected chi connectivity index (χ2v) is 8.11. The maximum atomic E-state index is 13.2. The first kappa shape index (κ1) is 19.2. The topological polar surface area (TPSA) is 41.6 Å². The minimum Gasteiger partial charge on any atom is -0.444 e. The lowest BCUT2D eigenvalue weighted by Gasteiger charge is -2.32. The molecule has 0 spiro atoms. The van der Waals surface area contributed by atoms with Crippen LogP contribution in [-0.2, 0) is 11.2 Å². The first-order valence-corrected chi connectivity index (χ1v) is 9.18. The standard InChI is InChI=1S/C18H26BrFN2O2/c1-18(2,3)24-17(23)21-14-7-10-22(11-8-14)9-6-13-4-5-16(20)15(19)12-13/h4-5,12,14H,6-11H2,1-3H3,(H,21,23). The van der Waals surface area contributed by atoms with E-state index in [0.29, 0.717) is 4.47 Å². The first-order valence-electron chi connectivity index (χ1n) is 8.39. The van der Waals surface area contributed by atoms with Gasteiger partial charge in [-0.2, -0.15) is 0 Å². The number of likely N-dealkylation sites (tertiary alicyclic amines) is 1. The molecule has 6 heteroatoms. The zero-order valence-corrected chi connectivity index (χ0v) is 16.2. The van der Waals surface area contributed by atoms with Crippen LogP contribution >= 0.6 is 15.9 Å². The number of nitrogens with one attached hydrogen (secondary N) is 1. The van der Waals surface area contributed by atoms with Crippen LogP contribution in [0.2, 0.25) is 0 Å². The lowest BCUT2D eigenvalue weighted by atomic mass is 10.0. The number of hydrogen-bond donors (Lipinski definition) is 1. The molecule has 1 aliphatic heterocycles. The van der Waals surface area contributed by atoms with Gasteiger partial charge in [0.1, 0.15) is 11.4 Å². The molecule has 0 unspecified atom stereocenters. The molecule has 1 aliphatic rings. The number of hydrogen-bond acceptors (Lipinski definition) is 3. The molecule has 1 aromatic carbocycles. The predicted molar refractivity (Wildman–Crippen MR) is 96.6 cm³/mol. The van der Waals surface area contributed by atoms with E-state index in [1.54, 1.807) is 0 Å². The molecule has 0 bridgehead atoms. The quantitative estimate of drug-likeness (QED) is 0.826. The molecule has 0 saturated carbocycles. The van der Waals surface area contributed by atoms with Crippen molar-refractivity contribution in [3.8, 4) is 0 Å². The molecule has 0 aliphatic carbocycles. The highest BCUT2D eigenvalue weighted by atomic mass is 79.9. The fraction of sp³-hybridized carbons (Fsp3) is 0.611. The Balaban J connectivity index is 1.71. The zero-order valence-electron chi connectivity index (χ0n) is 14.6. The van der Waals surface area contributed by atoms with Crippen LogP contribution in [0.4, 0.5) is 9.18 Å². The maximum Gasteiger partial charge on any atom is 0.407 e. The molecule has 0 atom stereocenters. The van der Waals surface area contributed by atoms with Crippen molar-refractivity contribution in [1.29, 1.82) is 0 Å². The van der Waals surface area contributed by atoms with E-state index < -0.39 is 5.60 Å². The summed E-state index contributed by atoms with van der Waals surface area (Å²) in [7, 11) is 0. The highest BCUT2D eigenvalue weighted by molar-refractivity contribution is 9.10. The van der Waals surface area contributed by atoms with Crippen molar-refractivity contribution in [2.75, 3.05) is 19.6 Å². The van der Waals surface area contributed by atoms with Crippen LogP contribution in [0.1, 0.15) is 39.2 Å². The molecule has 2 rings (SSSR count). The molecule has 134 valence electrons. The Bertz CT molecular complexity index is 567. The fourth-order valence-corrected chi connectivity index (χ4v) is 3.18. The lowest BCUT2D eigenvalue weighted by Crippen LogP contribution is -2.46. The van der Waals surface area contributed by atoms with Crippen LogP contribution in [0.5, 0.6) is 0 Å². The van der Waals surface area contributed by atoms with Crippen LogP contribution in [-0.4, -0.2) is 42.3 Å². The van der Waals surface area contributed by atoms with Gasteiger partial charge in [0.25, 0.3) is 0 Å². The molecule has 0 aromatic heterocycles. The normalized spacial score (nSPS) is 16.9. The number of rotatable bonds is 4. The average Bonchev–Trinajstić information content (AvgIpc) is 2.48. The summed E-state index contributed by atoms with van der Waals surface area (Å²) in [6.07, 6.45) is 2.40. The molecule has 0 radical (unpaired) electrons. The summed E-state index contributed by atoms with van der Waals surface area (Å²) in [4.78, 5) is 14.2. The van der Waals surface area contributed by atoms with Gasteiger partial charge in [0, 0.05) is 25.7 Å². The number of amides is 1. The molecule has 1 aromatic rings. The Labute approximate surface area is 151 Å². The SMILES string of the molecule is CC(C)(C)OC(=O)NC1CCN(CCc2ccc(F)c(Br)c2)CC1. The summed E-state index contributed by atoms with van der Waals surface area (Å²) in [6, 6.07) is 5.34. The lowest BCUT2D eigenvalue weighted by molar-refractivity contribution is 0.0479. The number of halogens is 2. The summed E-state index contributed by atoms with van der Waals surface area (Å²) in [5.74, 6) is -0.229. The minimum atomic E-state index is -0.464. The molecular formula is C18H26BrFN2O2. The van der Waals surface area contributed by atoms with Crippen LogP contribution in [0, 0.1) is 5.82 Å². The zero-order chi connectivity index (χ0) is 17.7. The van der Waals surface area contributed by atoms with Crippen LogP contribution in [0.3, 0.4) is 0 Å². The number of benzene rings is 1. The molecule has 1 saturated heterocycles. The Morgan fingerprint density at radius 3 is 2.62 bits per heavy atom. The van der Waals surface area contributed by atoms with Crippen LogP contribution in [0.25, 0.3) is 0 Å². The number of ether oxygens (including phenoxy) is 1. The van der Waals surface area contributed by atoms with Gasteiger partial charge in [-0.25, -0.2) is 9.18 Å². The molecule has 1 fully saturated rings. The van der Waals surface area contributed by atoms with Gasteiger partial charge in [-0.15, -0.1) is 0 Å². The predicted octanol–water partition coefficient (Wildman–Crippen LogP) is 4.12. The second kappa shape index (κ2) is 8.30. The van der Waals surface area contributed by atoms with E-state index in [1.807, 2.05) is 32.9 Å². The third-order valence-electron chi connectivity index (χ3n) is 4.01. The summed E-state index contributed by atoms with van der Waals surface area (Å²) in [5, 5.41) is 2.95. The molecule has 1 N–H and O–H groups in total. The van der Waals surface area contributed by atoms with Gasteiger partial charge in [-0.3, -0.25) is 0 Å². The van der Waals surface area contributed by atoms with Crippen molar-refractivity contribution in [2.45, 2.75) is 51.7 Å². The van der Waals surface area contributed by atoms with Crippen molar-refractivity contribution in [2.24, 2.45) is 0 Å². The van der Waals surface area contributed by atoms with Gasteiger partial charge in [0.2, 0.25) is 0 Å². The monoisotopic (exact) mass is 400 g/mol. The van der Waals surface area contributed by atoms with Gasteiger partial charge < -0.3 is 15.0 Å². The Morgan fingerprint density at radius 2 is 2.04 bits per heavy atom. The number of piperidine rings is 1. The number of alkyl carbamates (subject to hydrolysis) is 1. The summed E-state index contributed by atoms with van der Waals surface area (Å²) in [5.41, 5.74) is 0.658. The highest BCUT2D eigenvalue weighted by Gasteiger charge is 2.23. The van der Waals surface area contributed by atoms with E-state index in [-0.39, 0.29) is 18.0 Å². The van der Waals surface area contributed by atoms with Crippen molar-refractivity contribution in [3.05, 3.63) is 34.1 Å². The Hall–Kier alpha value is -1.14. The Morgan fingerprint density at radius 1 is 1.38 bits per heavy atom. The van der Waals surface area contributed by atoms with Crippen molar-refractivity contribution in [1.82, 2.24) is 10.2 Å². The Kier molecular flexibility index (Phi) is 6.63. The summed E-state index contributed by atoms with van der Waals surface area (Å²) >= 11 is 3.22. The minimum absolute atomic E-state index is 0.177. The molecule has 1 heterocycles. The summed E-state index contributed by atoms with van der Waals surface area (Å²) in [6.45, 7) is 8.43. The van der Waals surface area contributed by atoms with E-state index in [2.05, 4.69) is 26.1 Å². The second-order valence-electron chi connectivity index (χ2n) is 7.26. The first-order chi connectivity index (χ1) is 11.2. The average molecular weight is 401 g/mol. The van der Waals surface area contributed by atoms with Gasteiger partial charge in [-0.1, -0.05) is 6.07 Å². The largest absolute Gasteiger partial charge is 0.444 e. The highest BCUT2D eigenvalue weighted by Crippen LogP contribution is 2.18. The third-order valence-corrected chi connectivity index (χ3v) is 4.62.